The summed E-state index contributed by atoms with van der Waals surface area (Å²) in [5, 5.41) is 33.6. The minimum atomic E-state index is -1.67. The number of nitro benzene ring substituents is 1. The average Bonchev–Trinajstić information content (AvgIpc) is 2.87. The summed E-state index contributed by atoms with van der Waals surface area (Å²) >= 11 is 0. The fourth-order valence-corrected chi connectivity index (χ4v) is 1.59. The van der Waals surface area contributed by atoms with Crippen LogP contribution in [0.4, 0.5) is 15.9 Å². The van der Waals surface area contributed by atoms with E-state index in [0.717, 1.165) is 16.9 Å². The molecule has 0 atom stereocenters. The zero-order valence-electron chi connectivity index (χ0n) is 9.96. The van der Waals surface area contributed by atoms with Gasteiger partial charge in [-0.1, -0.05) is 0 Å². The molecule has 21 heavy (non-hydrogen) atoms. The van der Waals surface area contributed by atoms with Crippen LogP contribution in [-0.2, 0) is 0 Å². The Labute approximate surface area is 114 Å². The first-order valence-electron chi connectivity index (χ1n) is 5.23. The molecule has 0 amide bonds. The van der Waals surface area contributed by atoms with Crippen molar-refractivity contribution in [2.24, 2.45) is 0 Å². The van der Waals surface area contributed by atoms with Crippen molar-refractivity contribution in [2.45, 2.75) is 0 Å². The first kappa shape index (κ1) is 14.0. The molecular weight excluding hydrogens is 291 g/mol. The minimum absolute atomic E-state index is 0.421. The zero-order valence-corrected chi connectivity index (χ0v) is 9.96. The van der Waals surface area contributed by atoms with E-state index < -0.39 is 44.4 Å². The number of carbonyl (C=O) groups is 1. The Morgan fingerprint density at radius 3 is 2.43 bits per heavy atom. The largest absolute Gasteiger partial charge is 0.478 e. The lowest BCUT2D eigenvalue weighted by molar-refractivity contribution is -0.389. The van der Waals surface area contributed by atoms with Crippen molar-refractivity contribution >= 4 is 17.5 Å². The molecule has 1 N–H and O–H groups in total. The van der Waals surface area contributed by atoms with Gasteiger partial charge in [0.25, 0.3) is 5.69 Å². The molecule has 1 aromatic carbocycles. The van der Waals surface area contributed by atoms with Gasteiger partial charge >= 0.3 is 11.8 Å². The van der Waals surface area contributed by atoms with Gasteiger partial charge in [0.2, 0.25) is 0 Å². The number of halogens is 1. The zero-order chi connectivity index (χ0) is 15.7. The van der Waals surface area contributed by atoms with E-state index in [0.29, 0.717) is 12.1 Å². The van der Waals surface area contributed by atoms with Gasteiger partial charge in [-0.2, -0.15) is 0 Å². The van der Waals surface area contributed by atoms with Crippen molar-refractivity contribution < 1.29 is 24.1 Å². The number of aromatic nitrogens is 2. The molecule has 2 aromatic rings. The summed E-state index contributed by atoms with van der Waals surface area (Å²) in [6, 6.07) is 2.07. The van der Waals surface area contributed by atoms with Crippen molar-refractivity contribution in [1.29, 1.82) is 0 Å². The second-order valence-corrected chi connectivity index (χ2v) is 3.76. The highest BCUT2D eigenvalue weighted by Gasteiger charge is 2.25. The molecule has 10 nitrogen and oxygen atoms in total. The Morgan fingerprint density at radius 2 is 1.95 bits per heavy atom. The maximum atomic E-state index is 13.6. The first-order valence-corrected chi connectivity index (χ1v) is 5.23. The van der Waals surface area contributed by atoms with Gasteiger partial charge in [0, 0.05) is 12.1 Å². The smallest absolute Gasteiger partial charge is 0.390 e. The monoisotopic (exact) mass is 296 g/mol. The van der Waals surface area contributed by atoms with Gasteiger partial charge in [-0.05, 0) is 4.92 Å². The number of benzene rings is 1. The molecule has 0 saturated heterocycles. The highest BCUT2D eigenvalue weighted by atomic mass is 19.1. The summed E-state index contributed by atoms with van der Waals surface area (Å²) in [7, 11) is 0. The third kappa shape index (κ3) is 2.51. The Morgan fingerprint density at radius 1 is 1.29 bits per heavy atom. The van der Waals surface area contributed by atoms with E-state index in [-0.39, 0.29) is 0 Å². The molecular formula is C10H5FN4O6. The normalized spacial score (nSPS) is 10.3. The van der Waals surface area contributed by atoms with E-state index in [1.54, 1.807) is 0 Å². The first-order chi connectivity index (χ1) is 9.81. The predicted molar refractivity (Wildman–Crippen MR) is 63.8 cm³/mol. The number of carboxylic acids is 1. The molecule has 0 spiro atoms. The standard InChI is InChI=1S/C10H5FN4O6/c11-6-4-7(13-2-1-9(12-13)15(20)21)8(14(18)19)3-5(6)10(16)17/h1-4H,(H,16,17). The van der Waals surface area contributed by atoms with Crippen LogP contribution in [0.25, 0.3) is 5.69 Å². The second kappa shape index (κ2) is 4.96. The summed E-state index contributed by atoms with van der Waals surface area (Å²) in [4.78, 5) is 30.5. The molecule has 0 aliphatic rings. The van der Waals surface area contributed by atoms with E-state index in [4.69, 9.17) is 5.11 Å². The summed E-state index contributed by atoms with van der Waals surface area (Å²) in [5.41, 5.74) is -2.05. The van der Waals surface area contributed by atoms with Crippen LogP contribution in [0, 0.1) is 26.0 Å². The van der Waals surface area contributed by atoms with Crippen LogP contribution >= 0.6 is 0 Å². The maximum Gasteiger partial charge on any atom is 0.390 e. The van der Waals surface area contributed by atoms with E-state index in [1.165, 1.54) is 0 Å². The fraction of sp³-hybridized carbons (Fsp3) is 0. The molecule has 0 radical (unpaired) electrons. The highest BCUT2D eigenvalue weighted by molar-refractivity contribution is 5.89. The lowest BCUT2D eigenvalue weighted by atomic mass is 10.1. The summed E-state index contributed by atoms with van der Waals surface area (Å²) < 4.78 is 14.3. The number of hydrogen-bond acceptors (Lipinski definition) is 6. The summed E-state index contributed by atoms with van der Waals surface area (Å²) in [6.45, 7) is 0. The van der Waals surface area contributed by atoms with Crippen LogP contribution in [0.3, 0.4) is 0 Å². The molecule has 0 aliphatic carbocycles. The minimum Gasteiger partial charge on any atom is -0.478 e. The number of hydrogen-bond donors (Lipinski definition) is 1. The molecule has 0 saturated carbocycles. The van der Waals surface area contributed by atoms with E-state index in [9.17, 15) is 29.4 Å². The van der Waals surface area contributed by atoms with Gasteiger partial charge in [-0.15, -0.1) is 4.68 Å². The van der Waals surface area contributed by atoms with Crippen molar-refractivity contribution in [2.75, 3.05) is 0 Å². The van der Waals surface area contributed by atoms with Gasteiger partial charge in [0.15, 0.2) is 5.69 Å². The maximum absolute atomic E-state index is 13.6. The van der Waals surface area contributed by atoms with E-state index >= 15 is 0 Å². The van der Waals surface area contributed by atoms with Crippen molar-refractivity contribution in [3.8, 4) is 5.69 Å². The summed E-state index contributed by atoms with van der Waals surface area (Å²) in [5.74, 6) is -3.48. The second-order valence-electron chi connectivity index (χ2n) is 3.76. The molecule has 1 heterocycles. The Hall–Kier alpha value is -3.37. The molecule has 108 valence electrons. The predicted octanol–water partition coefficient (Wildman–Crippen LogP) is 1.53. The number of nitro groups is 2. The quantitative estimate of drug-likeness (QED) is 0.665. The molecule has 11 heteroatoms. The van der Waals surface area contributed by atoms with Crippen molar-refractivity contribution in [3.63, 3.8) is 0 Å². The number of carboxylic acid groups (broad SMARTS) is 1. The van der Waals surface area contributed by atoms with Crippen LogP contribution in [0.15, 0.2) is 24.4 Å². The Bertz CT molecular complexity index is 771. The molecule has 0 unspecified atom stereocenters. The molecule has 0 aliphatic heterocycles. The van der Waals surface area contributed by atoms with Gasteiger partial charge in [0.1, 0.15) is 11.4 Å². The SMILES string of the molecule is O=C(O)c1cc([N+](=O)[O-])c(-n2ccc([N+](=O)[O-])n2)cc1F. The third-order valence-corrected chi connectivity index (χ3v) is 2.50. The van der Waals surface area contributed by atoms with Crippen LogP contribution in [-0.4, -0.2) is 30.7 Å². The van der Waals surface area contributed by atoms with Gasteiger partial charge in [-0.25, -0.2) is 9.18 Å². The third-order valence-electron chi connectivity index (χ3n) is 2.50. The van der Waals surface area contributed by atoms with Crippen LogP contribution in [0.2, 0.25) is 0 Å². The topological polar surface area (TPSA) is 141 Å². The average molecular weight is 296 g/mol. The van der Waals surface area contributed by atoms with Gasteiger partial charge in [-0.3, -0.25) is 10.1 Å². The Kier molecular flexibility index (Phi) is 3.32. The number of nitrogens with zero attached hydrogens (tertiary/aromatic N) is 4. The molecule has 0 bridgehead atoms. The van der Waals surface area contributed by atoms with Crippen LogP contribution < -0.4 is 0 Å². The Balaban J connectivity index is 2.66. The highest BCUT2D eigenvalue weighted by Crippen LogP contribution is 2.27. The van der Waals surface area contributed by atoms with Crippen molar-refractivity contribution in [3.05, 3.63) is 56.0 Å². The van der Waals surface area contributed by atoms with Gasteiger partial charge in [0.05, 0.1) is 22.3 Å². The van der Waals surface area contributed by atoms with Crippen LogP contribution in [0.5, 0.6) is 0 Å². The summed E-state index contributed by atoms with van der Waals surface area (Å²) in [6.07, 6.45) is 1.03. The molecule has 1 aromatic heterocycles. The number of rotatable bonds is 4. The lowest BCUT2D eigenvalue weighted by Gasteiger charge is -2.03. The van der Waals surface area contributed by atoms with Crippen molar-refractivity contribution in [1.82, 2.24) is 9.78 Å². The fourth-order valence-electron chi connectivity index (χ4n) is 1.59. The van der Waals surface area contributed by atoms with E-state index in [1.807, 2.05) is 0 Å². The molecule has 0 fully saturated rings. The van der Waals surface area contributed by atoms with Gasteiger partial charge < -0.3 is 15.2 Å². The lowest BCUT2D eigenvalue weighted by Crippen LogP contribution is -2.07. The molecule has 2 rings (SSSR count). The van der Waals surface area contributed by atoms with Crippen LogP contribution in [0.1, 0.15) is 10.4 Å². The van der Waals surface area contributed by atoms with E-state index in [2.05, 4.69) is 5.10 Å². The number of aromatic carboxylic acids is 1.